The van der Waals surface area contributed by atoms with E-state index < -0.39 is 4.92 Å². The van der Waals surface area contributed by atoms with Gasteiger partial charge in [-0.25, -0.2) is 0 Å². The zero-order valence-electron chi connectivity index (χ0n) is 10.2. The number of hydrogen-bond donors (Lipinski definition) is 0. The Balaban J connectivity index is 2.11. The van der Waals surface area contributed by atoms with Crippen LogP contribution in [-0.4, -0.2) is 46.9 Å². The fourth-order valence-electron chi connectivity index (χ4n) is 1.99. The first kappa shape index (κ1) is 14.2. The molecule has 2 atom stereocenters. The second-order valence-corrected chi connectivity index (χ2v) is 5.70. The second kappa shape index (κ2) is 5.85. The molecule has 1 aliphatic rings. The van der Waals surface area contributed by atoms with Crippen LogP contribution in [0.5, 0.6) is 0 Å². The molecule has 0 spiro atoms. The van der Waals surface area contributed by atoms with Gasteiger partial charge < -0.3 is 9.64 Å². The van der Waals surface area contributed by atoms with E-state index in [4.69, 9.17) is 16.3 Å². The minimum absolute atomic E-state index is 0.0291. The number of thiophene rings is 1. The molecule has 19 heavy (non-hydrogen) atoms. The molecule has 1 amide bonds. The van der Waals surface area contributed by atoms with Crippen molar-refractivity contribution < 1.29 is 14.5 Å². The van der Waals surface area contributed by atoms with Crippen molar-refractivity contribution >= 4 is 33.8 Å². The average Bonchev–Trinajstić information content (AvgIpc) is 2.86. The quantitative estimate of drug-likeness (QED) is 0.487. The number of morpholine rings is 1. The van der Waals surface area contributed by atoms with Crippen LogP contribution >= 0.6 is 22.9 Å². The van der Waals surface area contributed by atoms with Crippen molar-refractivity contribution in [2.75, 3.05) is 19.0 Å². The summed E-state index contributed by atoms with van der Waals surface area (Å²) >= 11 is 6.65. The van der Waals surface area contributed by atoms with Gasteiger partial charge in [-0.2, -0.15) is 0 Å². The first-order valence-corrected chi connectivity index (χ1v) is 7.11. The van der Waals surface area contributed by atoms with Gasteiger partial charge in [0.15, 0.2) is 0 Å². The highest BCUT2D eigenvalue weighted by Crippen LogP contribution is 2.26. The van der Waals surface area contributed by atoms with Crippen LogP contribution in [0.1, 0.15) is 16.6 Å². The summed E-state index contributed by atoms with van der Waals surface area (Å²) in [6.07, 6.45) is -0.277. The topological polar surface area (TPSA) is 72.7 Å². The number of nitro groups is 1. The van der Waals surface area contributed by atoms with Gasteiger partial charge in [0.1, 0.15) is 0 Å². The van der Waals surface area contributed by atoms with Crippen molar-refractivity contribution in [2.45, 2.75) is 19.1 Å². The molecular weight excluding hydrogens is 292 g/mol. The van der Waals surface area contributed by atoms with Crippen molar-refractivity contribution in [1.82, 2.24) is 4.90 Å². The van der Waals surface area contributed by atoms with Crippen molar-refractivity contribution in [3.63, 3.8) is 0 Å². The van der Waals surface area contributed by atoms with Gasteiger partial charge in [-0.05, 0) is 13.0 Å². The van der Waals surface area contributed by atoms with Gasteiger partial charge in [0.25, 0.3) is 5.91 Å². The maximum absolute atomic E-state index is 12.3. The molecule has 8 heteroatoms. The van der Waals surface area contributed by atoms with Crippen LogP contribution in [0.25, 0.3) is 0 Å². The first-order valence-electron chi connectivity index (χ1n) is 5.76. The third-order valence-electron chi connectivity index (χ3n) is 2.77. The molecule has 0 aromatic carbocycles. The van der Waals surface area contributed by atoms with Crippen molar-refractivity contribution in [3.8, 4) is 0 Å². The molecule has 1 aromatic heterocycles. The second-order valence-electron chi connectivity index (χ2n) is 4.33. The molecule has 0 aliphatic carbocycles. The lowest BCUT2D eigenvalue weighted by Crippen LogP contribution is -2.49. The van der Waals surface area contributed by atoms with E-state index in [-0.39, 0.29) is 23.1 Å². The Morgan fingerprint density at radius 3 is 2.95 bits per heavy atom. The Kier molecular flexibility index (Phi) is 4.38. The van der Waals surface area contributed by atoms with Crippen molar-refractivity contribution in [2.24, 2.45) is 0 Å². The maximum Gasteiger partial charge on any atom is 0.324 e. The van der Waals surface area contributed by atoms with Crippen LogP contribution < -0.4 is 0 Å². The SMILES string of the molecule is CC1CN(C(=O)c2ccc([N+](=O)[O-])s2)CC(CCl)O1. The standard InChI is InChI=1S/C11H13ClN2O4S/c1-7-5-13(6-8(4-12)18-7)11(15)9-2-3-10(19-9)14(16)17/h2-3,7-8H,4-6H2,1H3. The van der Waals surface area contributed by atoms with Crippen LogP contribution in [0.2, 0.25) is 0 Å². The molecule has 2 unspecified atom stereocenters. The molecule has 1 saturated heterocycles. The van der Waals surface area contributed by atoms with E-state index in [0.717, 1.165) is 11.3 Å². The minimum Gasteiger partial charge on any atom is -0.370 e. The number of nitrogens with zero attached hydrogens (tertiary/aromatic N) is 2. The molecular formula is C11H13ClN2O4S. The minimum atomic E-state index is -0.495. The van der Waals surface area contributed by atoms with Gasteiger partial charge in [-0.15, -0.1) is 11.6 Å². The van der Waals surface area contributed by atoms with Crippen LogP contribution in [-0.2, 0) is 4.74 Å². The number of halogens is 1. The molecule has 104 valence electrons. The van der Waals surface area contributed by atoms with Crippen LogP contribution in [0, 0.1) is 10.1 Å². The van der Waals surface area contributed by atoms with Gasteiger partial charge in [-0.3, -0.25) is 14.9 Å². The van der Waals surface area contributed by atoms with Crippen LogP contribution in [0.3, 0.4) is 0 Å². The Morgan fingerprint density at radius 2 is 2.37 bits per heavy atom. The largest absolute Gasteiger partial charge is 0.370 e. The monoisotopic (exact) mass is 304 g/mol. The summed E-state index contributed by atoms with van der Waals surface area (Å²) < 4.78 is 5.56. The van der Waals surface area contributed by atoms with Gasteiger partial charge >= 0.3 is 5.00 Å². The maximum atomic E-state index is 12.3. The van der Waals surface area contributed by atoms with Crippen LogP contribution in [0.15, 0.2) is 12.1 Å². The van der Waals surface area contributed by atoms with Gasteiger partial charge in [-0.1, -0.05) is 11.3 Å². The number of hydrogen-bond acceptors (Lipinski definition) is 5. The third-order valence-corrected chi connectivity index (χ3v) is 4.14. The predicted octanol–water partition coefficient (Wildman–Crippen LogP) is 2.12. The van der Waals surface area contributed by atoms with E-state index in [1.54, 1.807) is 4.90 Å². The fraction of sp³-hybridized carbons (Fsp3) is 0.545. The average molecular weight is 305 g/mol. The highest BCUT2D eigenvalue weighted by molar-refractivity contribution is 7.17. The summed E-state index contributed by atoms with van der Waals surface area (Å²) in [5.41, 5.74) is 0. The summed E-state index contributed by atoms with van der Waals surface area (Å²) in [6, 6.07) is 2.84. The number of carbonyl (C=O) groups is 1. The molecule has 1 aliphatic heterocycles. The van der Waals surface area contributed by atoms with Crippen molar-refractivity contribution in [1.29, 1.82) is 0 Å². The highest BCUT2D eigenvalue weighted by atomic mass is 35.5. The summed E-state index contributed by atoms with van der Waals surface area (Å²) in [5.74, 6) is 0.113. The van der Waals surface area contributed by atoms with Gasteiger partial charge in [0, 0.05) is 19.2 Å². The predicted molar refractivity (Wildman–Crippen MR) is 71.9 cm³/mol. The smallest absolute Gasteiger partial charge is 0.324 e. The van der Waals surface area contributed by atoms with Gasteiger partial charge in [0.2, 0.25) is 0 Å². The number of alkyl halides is 1. The Morgan fingerprint density at radius 1 is 1.63 bits per heavy atom. The van der Waals surface area contributed by atoms with Crippen molar-refractivity contribution in [3.05, 3.63) is 27.1 Å². The van der Waals surface area contributed by atoms with Gasteiger partial charge in [0.05, 0.1) is 27.9 Å². The zero-order valence-corrected chi connectivity index (χ0v) is 11.8. The molecule has 1 aromatic rings. The van der Waals surface area contributed by atoms with E-state index in [9.17, 15) is 14.9 Å². The number of amides is 1. The lowest BCUT2D eigenvalue weighted by Gasteiger charge is -2.35. The summed E-state index contributed by atoms with van der Waals surface area (Å²) in [4.78, 5) is 24.4. The molecule has 1 fully saturated rings. The fourth-order valence-corrected chi connectivity index (χ4v) is 2.95. The lowest BCUT2D eigenvalue weighted by molar-refractivity contribution is -0.380. The first-order chi connectivity index (χ1) is 9.01. The molecule has 2 heterocycles. The van der Waals surface area contributed by atoms with E-state index in [0.29, 0.717) is 23.8 Å². The number of ether oxygens (including phenoxy) is 1. The Bertz CT molecular complexity index is 493. The number of rotatable bonds is 3. The zero-order chi connectivity index (χ0) is 14.0. The Hall–Kier alpha value is -1.18. The van der Waals surface area contributed by atoms with Crippen LogP contribution in [0.4, 0.5) is 5.00 Å². The normalized spacial score (nSPS) is 23.4. The lowest BCUT2D eigenvalue weighted by atomic mass is 10.2. The Labute approximate surface area is 119 Å². The molecule has 6 nitrogen and oxygen atoms in total. The molecule has 0 saturated carbocycles. The summed E-state index contributed by atoms with van der Waals surface area (Å²) in [6.45, 7) is 2.76. The van der Waals surface area contributed by atoms with E-state index in [2.05, 4.69) is 0 Å². The molecule has 2 rings (SSSR count). The molecule has 0 bridgehead atoms. The summed E-state index contributed by atoms with van der Waals surface area (Å²) in [5, 5.41) is 10.6. The third kappa shape index (κ3) is 3.23. The number of carbonyl (C=O) groups excluding carboxylic acids is 1. The van der Waals surface area contributed by atoms with E-state index >= 15 is 0 Å². The highest BCUT2D eigenvalue weighted by Gasteiger charge is 2.29. The summed E-state index contributed by atoms with van der Waals surface area (Å²) in [7, 11) is 0. The molecule has 0 N–H and O–H groups in total. The van der Waals surface area contributed by atoms with E-state index in [1.807, 2.05) is 6.92 Å². The van der Waals surface area contributed by atoms with E-state index in [1.165, 1.54) is 12.1 Å². The molecule has 0 radical (unpaired) electrons.